The van der Waals surface area contributed by atoms with E-state index in [1.165, 1.54) is 10.9 Å². The van der Waals surface area contributed by atoms with Crippen molar-refractivity contribution in [3.8, 4) is 0 Å². The summed E-state index contributed by atoms with van der Waals surface area (Å²) in [5, 5.41) is 2.34. The number of nitrogens with zero attached hydrogens (tertiary/aromatic N) is 1. The van der Waals surface area contributed by atoms with Gasteiger partial charge in [0.15, 0.2) is 0 Å². The van der Waals surface area contributed by atoms with Gasteiger partial charge in [-0.15, -0.1) is 0 Å². The van der Waals surface area contributed by atoms with Crippen LogP contribution in [-0.4, -0.2) is 47.7 Å². The summed E-state index contributed by atoms with van der Waals surface area (Å²) in [6, 6.07) is 25.0. The highest BCUT2D eigenvalue weighted by Gasteiger charge is 2.30. The monoisotopic (exact) mass is 407 g/mol. The highest BCUT2D eigenvalue weighted by atomic mass is 32.2. The number of rotatable bonds is 7. The fourth-order valence-electron chi connectivity index (χ4n) is 4.29. The van der Waals surface area contributed by atoms with E-state index < -0.39 is 10.8 Å². The molecule has 0 aromatic heterocycles. The van der Waals surface area contributed by atoms with Crippen molar-refractivity contribution in [3.05, 3.63) is 78.4 Å². The molecule has 3 atom stereocenters. The zero-order valence-electron chi connectivity index (χ0n) is 17.0. The van der Waals surface area contributed by atoms with E-state index in [4.69, 9.17) is 4.74 Å². The quantitative estimate of drug-likeness (QED) is 0.576. The van der Waals surface area contributed by atoms with Gasteiger partial charge in [0.05, 0.1) is 16.9 Å². The van der Waals surface area contributed by atoms with Gasteiger partial charge in [-0.1, -0.05) is 60.7 Å². The lowest BCUT2D eigenvalue weighted by atomic mass is 9.96. The Balaban J connectivity index is 1.40. The number of likely N-dealkylation sites (tertiary alicyclic amines) is 1. The molecule has 3 aromatic carbocycles. The highest BCUT2D eigenvalue weighted by Crippen LogP contribution is 2.24. The summed E-state index contributed by atoms with van der Waals surface area (Å²) >= 11 is 0. The summed E-state index contributed by atoms with van der Waals surface area (Å²) in [7, 11) is 0.767. The summed E-state index contributed by atoms with van der Waals surface area (Å²) in [6.07, 6.45) is 2.25. The second-order valence-corrected chi connectivity index (χ2v) is 9.38. The van der Waals surface area contributed by atoms with Gasteiger partial charge < -0.3 is 9.64 Å². The molecule has 3 aromatic rings. The van der Waals surface area contributed by atoms with Gasteiger partial charge in [-0.2, -0.15) is 0 Å². The minimum Gasteiger partial charge on any atom is -0.381 e. The molecule has 1 aliphatic rings. The Kier molecular flexibility index (Phi) is 6.75. The SMILES string of the molecule is COC1CCN(CCc2ccccc2)CC1CS(=O)c1ccc2ccccc2c1. The molecular formula is C25H29NO2S. The van der Waals surface area contributed by atoms with E-state index in [0.717, 1.165) is 42.8 Å². The van der Waals surface area contributed by atoms with Crippen LogP contribution < -0.4 is 0 Å². The van der Waals surface area contributed by atoms with Crippen molar-refractivity contribution < 1.29 is 8.95 Å². The van der Waals surface area contributed by atoms with Gasteiger partial charge in [-0.25, -0.2) is 0 Å². The maximum Gasteiger partial charge on any atom is 0.0632 e. The predicted octanol–water partition coefficient (Wildman–Crippen LogP) is 4.53. The van der Waals surface area contributed by atoms with Gasteiger partial charge in [0.1, 0.15) is 0 Å². The topological polar surface area (TPSA) is 29.5 Å². The zero-order valence-corrected chi connectivity index (χ0v) is 17.8. The number of hydrogen-bond acceptors (Lipinski definition) is 3. The van der Waals surface area contributed by atoms with Gasteiger partial charge in [-0.05, 0) is 41.3 Å². The lowest BCUT2D eigenvalue weighted by Crippen LogP contribution is -2.46. The van der Waals surface area contributed by atoms with E-state index in [0.29, 0.717) is 5.75 Å². The molecule has 0 spiro atoms. The Morgan fingerprint density at radius 2 is 1.76 bits per heavy atom. The van der Waals surface area contributed by atoms with Gasteiger partial charge >= 0.3 is 0 Å². The molecule has 29 heavy (non-hydrogen) atoms. The summed E-state index contributed by atoms with van der Waals surface area (Å²) in [5.74, 6) is 0.940. The molecule has 0 N–H and O–H groups in total. The van der Waals surface area contributed by atoms with Crippen LogP contribution in [0.4, 0.5) is 0 Å². The molecule has 1 heterocycles. The molecule has 1 aliphatic heterocycles. The van der Waals surface area contributed by atoms with E-state index in [2.05, 4.69) is 59.5 Å². The van der Waals surface area contributed by atoms with E-state index in [-0.39, 0.29) is 12.0 Å². The van der Waals surface area contributed by atoms with Crippen molar-refractivity contribution in [1.29, 1.82) is 0 Å². The Bertz CT molecular complexity index is 959. The fourth-order valence-corrected chi connectivity index (χ4v) is 5.67. The first-order chi connectivity index (χ1) is 14.2. The Morgan fingerprint density at radius 3 is 2.55 bits per heavy atom. The van der Waals surface area contributed by atoms with Gasteiger partial charge in [0, 0.05) is 43.3 Å². The molecule has 0 radical (unpaired) electrons. The largest absolute Gasteiger partial charge is 0.381 e. The van der Waals surface area contributed by atoms with Crippen molar-refractivity contribution in [3.63, 3.8) is 0 Å². The van der Waals surface area contributed by atoms with E-state index in [1.807, 2.05) is 18.2 Å². The minimum atomic E-state index is -1.02. The summed E-state index contributed by atoms with van der Waals surface area (Å²) < 4.78 is 18.9. The number of fused-ring (bicyclic) bond motifs is 1. The van der Waals surface area contributed by atoms with E-state index in [9.17, 15) is 4.21 Å². The second kappa shape index (κ2) is 9.66. The second-order valence-electron chi connectivity index (χ2n) is 7.88. The van der Waals surface area contributed by atoms with Crippen LogP contribution in [0.25, 0.3) is 10.8 Å². The maximum atomic E-state index is 13.1. The molecule has 3 unspecified atom stereocenters. The number of benzene rings is 3. The third-order valence-electron chi connectivity index (χ3n) is 5.96. The summed E-state index contributed by atoms with van der Waals surface area (Å²) in [5.41, 5.74) is 1.37. The van der Waals surface area contributed by atoms with Crippen LogP contribution in [-0.2, 0) is 22.0 Å². The number of hydrogen-bond donors (Lipinski definition) is 0. The first-order valence-electron chi connectivity index (χ1n) is 10.4. The fraction of sp³-hybridized carbons (Fsp3) is 0.360. The molecule has 0 amide bonds. The van der Waals surface area contributed by atoms with Gasteiger partial charge in [0.2, 0.25) is 0 Å². The maximum absolute atomic E-state index is 13.1. The summed E-state index contributed by atoms with van der Waals surface area (Å²) in [6.45, 7) is 3.04. The molecule has 0 aliphatic carbocycles. The Morgan fingerprint density at radius 1 is 1.00 bits per heavy atom. The molecule has 0 bridgehead atoms. The Labute approximate surface area is 176 Å². The van der Waals surface area contributed by atoms with E-state index in [1.54, 1.807) is 7.11 Å². The van der Waals surface area contributed by atoms with Crippen molar-refractivity contribution in [1.82, 2.24) is 4.90 Å². The molecule has 1 saturated heterocycles. The average molecular weight is 408 g/mol. The van der Waals surface area contributed by atoms with Crippen LogP contribution in [0.1, 0.15) is 12.0 Å². The number of ether oxygens (including phenoxy) is 1. The molecule has 4 rings (SSSR count). The van der Waals surface area contributed by atoms with Crippen LogP contribution in [0.15, 0.2) is 77.7 Å². The van der Waals surface area contributed by atoms with Crippen molar-refractivity contribution in [2.24, 2.45) is 5.92 Å². The van der Waals surface area contributed by atoms with Gasteiger partial charge in [-0.3, -0.25) is 4.21 Å². The molecule has 3 nitrogen and oxygen atoms in total. The van der Waals surface area contributed by atoms with Crippen LogP contribution in [0.2, 0.25) is 0 Å². The first kappa shape index (κ1) is 20.3. The standard InChI is InChI=1S/C25H29NO2S/c1-28-25-14-16-26(15-13-20-7-3-2-4-8-20)18-23(25)19-29(27)24-12-11-21-9-5-6-10-22(21)17-24/h2-12,17,23,25H,13-16,18-19H2,1H3. The van der Waals surface area contributed by atoms with Crippen LogP contribution in [0.5, 0.6) is 0 Å². The van der Waals surface area contributed by atoms with Crippen molar-refractivity contribution in [2.45, 2.75) is 23.8 Å². The molecule has 1 fully saturated rings. The predicted molar refractivity (Wildman–Crippen MR) is 121 cm³/mol. The number of methoxy groups -OCH3 is 1. The van der Waals surface area contributed by atoms with Crippen LogP contribution in [0.3, 0.4) is 0 Å². The third-order valence-corrected chi connectivity index (χ3v) is 7.47. The van der Waals surface area contributed by atoms with Crippen molar-refractivity contribution >= 4 is 21.6 Å². The smallest absolute Gasteiger partial charge is 0.0632 e. The zero-order chi connectivity index (χ0) is 20.1. The van der Waals surface area contributed by atoms with Gasteiger partial charge in [0.25, 0.3) is 0 Å². The molecular weight excluding hydrogens is 378 g/mol. The molecule has 0 saturated carbocycles. The lowest BCUT2D eigenvalue weighted by molar-refractivity contribution is 0.00240. The highest BCUT2D eigenvalue weighted by molar-refractivity contribution is 7.85. The first-order valence-corrected chi connectivity index (χ1v) is 11.7. The minimum absolute atomic E-state index is 0.187. The molecule has 4 heteroatoms. The average Bonchev–Trinajstić information content (AvgIpc) is 2.78. The lowest BCUT2D eigenvalue weighted by Gasteiger charge is -2.37. The third kappa shape index (κ3) is 5.13. The van der Waals surface area contributed by atoms with Crippen LogP contribution in [0, 0.1) is 5.92 Å². The summed E-state index contributed by atoms with van der Waals surface area (Å²) in [4.78, 5) is 3.42. The van der Waals surface area contributed by atoms with E-state index >= 15 is 0 Å². The Hall–Kier alpha value is -2.01. The normalized spacial score (nSPS) is 21.3. The van der Waals surface area contributed by atoms with Crippen molar-refractivity contribution in [2.75, 3.05) is 32.5 Å². The van der Waals surface area contributed by atoms with Crippen LogP contribution >= 0.6 is 0 Å². The number of piperidine rings is 1. The molecule has 152 valence electrons.